The number of carbonyl (C=O) groups excluding carboxylic acids is 3. The van der Waals surface area contributed by atoms with Crippen LogP contribution < -0.4 is 4.74 Å². The number of benzene rings is 1. The fourth-order valence-electron chi connectivity index (χ4n) is 5.45. The molecule has 1 saturated carbocycles. The summed E-state index contributed by atoms with van der Waals surface area (Å²) in [5.74, 6) is -1.64. The maximum Gasteiger partial charge on any atom is 0.313 e. The third-order valence-corrected chi connectivity index (χ3v) is 6.44. The van der Waals surface area contributed by atoms with Gasteiger partial charge in [-0.05, 0) is 48.4 Å². The summed E-state index contributed by atoms with van der Waals surface area (Å²) >= 11 is 0. The lowest BCUT2D eigenvalue weighted by molar-refractivity contribution is -0.164. The van der Waals surface area contributed by atoms with Crippen molar-refractivity contribution in [3.63, 3.8) is 0 Å². The predicted octanol–water partition coefficient (Wildman–Crippen LogP) is 3.12. The zero-order valence-electron chi connectivity index (χ0n) is 16.5. The van der Waals surface area contributed by atoms with Gasteiger partial charge in [-0.2, -0.15) is 0 Å². The summed E-state index contributed by atoms with van der Waals surface area (Å²) in [6, 6.07) is 5.39. The van der Waals surface area contributed by atoms with Gasteiger partial charge in [-0.15, -0.1) is 0 Å². The van der Waals surface area contributed by atoms with E-state index < -0.39 is 17.3 Å². The van der Waals surface area contributed by atoms with Crippen molar-refractivity contribution in [2.45, 2.75) is 51.4 Å². The lowest BCUT2D eigenvalue weighted by atomic mass is 9.54. The minimum Gasteiger partial charge on any atom is -0.469 e. The van der Waals surface area contributed by atoms with Crippen molar-refractivity contribution in [3.05, 3.63) is 29.3 Å². The van der Waals surface area contributed by atoms with Gasteiger partial charge in [0.2, 0.25) is 0 Å². The summed E-state index contributed by atoms with van der Waals surface area (Å²) in [4.78, 5) is 36.9. The molecule has 1 aromatic rings. The highest BCUT2D eigenvalue weighted by Gasteiger charge is 2.63. The molecule has 1 aromatic carbocycles. The van der Waals surface area contributed by atoms with Gasteiger partial charge in [0.1, 0.15) is 5.75 Å². The second kappa shape index (κ2) is 6.66. The second-order valence-electron chi connectivity index (χ2n) is 8.00. The Morgan fingerprint density at radius 1 is 1.07 bits per heavy atom. The van der Waals surface area contributed by atoms with Crippen LogP contribution in [0.2, 0.25) is 0 Å². The van der Waals surface area contributed by atoms with Crippen molar-refractivity contribution in [2.24, 2.45) is 11.3 Å². The van der Waals surface area contributed by atoms with Gasteiger partial charge < -0.3 is 14.2 Å². The van der Waals surface area contributed by atoms with Crippen LogP contribution in [0.1, 0.15) is 57.1 Å². The van der Waals surface area contributed by atoms with E-state index in [1.54, 1.807) is 12.1 Å². The van der Waals surface area contributed by atoms with E-state index in [0.717, 1.165) is 24.0 Å². The van der Waals surface area contributed by atoms with Crippen molar-refractivity contribution in [2.75, 3.05) is 14.2 Å². The topological polar surface area (TPSA) is 78.9 Å². The minimum absolute atomic E-state index is 0.291. The Balaban J connectivity index is 2.21. The molecule has 3 rings (SSSR count). The molecule has 4 unspecified atom stereocenters. The van der Waals surface area contributed by atoms with Crippen LogP contribution in [0.5, 0.6) is 5.75 Å². The molecule has 0 radical (unpaired) electrons. The number of hydrogen-bond acceptors (Lipinski definition) is 6. The first-order valence-electron chi connectivity index (χ1n) is 9.18. The normalized spacial score (nSPS) is 31.4. The van der Waals surface area contributed by atoms with Crippen LogP contribution in [-0.4, -0.2) is 32.1 Å². The number of fused-ring (bicyclic) bond motifs is 3. The highest BCUT2D eigenvalue weighted by atomic mass is 16.5. The lowest BCUT2D eigenvalue weighted by Gasteiger charge is -2.48. The fraction of sp³-hybridized carbons (Fsp3) is 0.571. The molecule has 6 nitrogen and oxygen atoms in total. The fourth-order valence-corrected chi connectivity index (χ4v) is 5.45. The van der Waals surface area contributed by atoms with Crippen molar-refractivity contribution >= 4 is 17.9 Å². The van der Waals surface area contributed by atoms with Crippen LogP contribution >= 0.6 is 0 Å². The first-order chi connectivity index (χ1) is 12.7. The van der Waals surface area contributed by atoms with Crippen LogP contribution in [0.25, 0.3) is 0 Å². The molecular formula is C21H26O6. The Hall–Kier alpha value is -2.37. The standard InChI is InChI=1S/C21H26O6/c1-12(22)27-13-7-8-15-14(11-13)16(18(23)25-4)17-20(15,2)9-6-10-21(17,3)19(24)26-5/h7-8,11,16-17H,6,9-10H2,1-5H3. The SMILES string of the molecule is COC(=O)C1c2cc(OC(C)=O)ccc2C2(C)CCCC(C)(C(=O)OC)C12. The molecular weight excluding hydrogens is 348 g/mol. The molecule has 0 aliphatic heterocycles. The van der Waals surface area contributed by atoms with E-state index in [9.17, 15) is 14.4 Å². The van der Waals surface area contributed by atoms with Gasteiger partial charge in [0, 0.05) is 12.8 Å². The molecule has 0 aromatic heterocycles. The Labute approximate surface area is 159 Å². The summed E-state index contributed by atoms with van der Waals surface area (Å²) in [5, 5.41) is 0. The molecule has 2 aliphatic rings. The van der Waals surface area contributed by atoms with Gasteiger partial charge >= 0.3 is 17.9 Å². The molecule has 6 heteroatoms. The molecule has 4 atom stereocenters. The summed E-state index contributed by atoms with van der Waals surface area (Å²) in [5.41, 5.74) is 0.601. The van der Waals surface area contributed by atoms with Gasteiger partial charge in [-0.25, -0.2) is 0 Å². The molecule has 146 valence electrons. The number of ether oxygens (including phenoxy) is 3. The van der Waals surface area contributed by atoms with Crippen LogP contribution in [-0.2, 0) is 29.3 Å². The number of carbonyl (C=O) groups is 3. The largest absolute Gasteiger partial charge is 0.469 e. The van der Waals surface area contributed by atoms with Gasteiger partial charge in [0.15, 0.2) is 0 Å². The van der Waals surface area contributed by atoms with Gasteiger partial charge in [0.05, 0.1) is 25.6 Å². The average Bonchev–Trinajstić information content (AvgIpc) is 2.89. The van der Waals surface area contributed by atoms with Crippen molar-refractivity contribution in [1.82, 2.24) is 0 Å². The molecule has 0 bridgehead atoms. The molecule has 0 amide bonds. The quantitative estimate of drug-likeness (QED) is 0.597. The molecule has 0 saturated heterocycles. The first-order valence-corrected chi connectivity index (χ1v) is 9.18. The predicted molar refractivity (Wildman–Crippen MR) is 97.3 cm³/mol. The van der Waals surface area contributed by atoms with Crippen LogP contribution in [0, 0.1) is 11.3 Å². The average molecular weight is 374 g/mol. The zero-order chi connectivity index (χ0) is 20.0. The van der Waals surface area contributed by atoms with Crippen LogP contribution in [0.4, 0.5) is 0 Å². The summed E-state index contributed by atoms with van der Waals surface area (Å²) < 4.78 is 15.5. The minimum atomic E-state index is -0.804. The zero-order valence-corrected chi connectivity index (χ0v) is 16.5. The monoisotopic (exact) mass is 374 g/mol. The molecule has 0 spiro atoms. The Morgan fingerprint density at radius 3 is 2.37 bits per heavy atom. The Kier molecular flexibility index (Phi) is 4.78. The molecule has 27 heavy (non-hydrogen) atoms. The van der Waals surface area contributed by atoms with Crippen LogP contribution in [0.3, 0.4) is 0 Å². The van der Waals surface area contributed by atoms with Gasteiger partial charge in [0.25, 0.3) is 0 Å². The highest BCUT2D eigenvalue weighted by Crippen LogP contribution is 2.64. The van der Waals surface area contributed by atoms with Crippen molar-refractivity contribution in [3.8, 4) is 5.75 Å². The number of hydrogen-bond donors (Lipinski definition) is 0. The Bertz CT molecular complexity index is 800. The van der Waals surface area contributed by atoms with E-state index in [4.69, 9.17) is 14.2 Å². The van der Waals surface area contributed by atoms with Gasteiger partial charge in [-0.3, -0.25) is 14.4 Å². The summed E-state index contributed by atoms with van der Waals surface area (Å²) in [6.45, 7) is 5.32. The second-order valence-corrected chi connectivity index (χ2v) is 8.00. The Morgan fingerprint density at radius 2 is 1.78 bits per heavy atom. The molecule has 0 N–H and O–H groups in total. The van der Waals surface area contributed by atoms with E-state index in [1.807, 2.05) is 13.0 Å². The third kappa shape index (κ3) is 2.82. The first kappa shape index (κ1) is 19.4. The van der Waals surface area contributed by atoms with E-state index in [1.165, 1.54) is 21.1 Å². The maximum atomic E-state index is 12.8. The number of esters is 3. The van der Waals surface area contributed by atoms with E-state index >= 15 is 0 Å². The maximum absolute atomic E-state index is 12.8. The van der Waals surface area contributed by atoms with Crippen LogP contribution in [0.15, 0.2) is 18.2 Å². The number of methoxy groups -OCH3 is 2. The van der Waals surface area contributed by atoms with E-state index in [2.05, 4.69) is 6.92 Å². The molecule has 1 fully saturated rings. The van der Waals surface area contributed by atoms with Crippen molar-refractivity contribution < 1.29 is 28.6 Å². The van der Waals surface area contributed by atoms with E-state index in [0.29, 0.717) is 12.2 Å². The van der Waals surface area contributed by atoms with Crippen molar-refractivity contribution in [1.29, 1.82) is 0 Å². The smallest absolute Gasteiger partial charge is 0.313 e. The van der Waals surface area contributed by atoms with Gasteiger partial charge in [-0.1, -0.05) is 19.4 Å². The molecule has 0 heterocycles. The highest BCUT2D eigenvalue weighted by molar-refractivity contribution is 5.86. The molecule has 2 aliphatic carbocycles. The summed E-state index contributed by atoms with van der Waals surface area (Å²) in [7, 11) is 2.74. The summed E-state index contributed by atoms with van der Waals surface area (Å²) in [6.07, 6.45) is 2.37. The number of rotatable bonds is 3. The third-order valence-electron chi connectivity index (χ3n) is 6.44. The lowest BCUT2D eigenvalue weighted by Crippen LogP contribution is -2.51. The van der Waals surface area contributed by atoms with E-state index in [-0.39, 0.29) is 23.3 Å².